The molecule has 11 heteroatoms. The second kappa shape index (κ2) is 10.5. The highest BCUT2D eigenvalue weighted by Crippen LogP contribution is 2.38. The number of rotatable bonds is 5. The Morgan fingerprint density at radius 2 is 2.00 bits per heavy atom. The number of carbonyl (C=O) groups excluding carboxylic acids is 1. The molecule has 0 aliphatic carbocycles. The van der Waals surface area contributed by atoms with Crippen LogP contribution in [-0.2, 0) is 24.2 Å². The number of nitrogens with one attached hydrogen (secondary N) is 1. The van der Waals surface area contributed by atoms with Crippen molar-refractivity contribution in [1.29, 1.82) is 5.26 Å². The standard InChI is InChI=1S/C31H31N7O3S/c1-18-33-27-12-23(29-35-25-8-9-36(2)16-28(25)42-29)26(34-21-7-10-37-22(11-21)17-41-31(37)40)13-24(27)30(39)38(18)15-20-5-3-19(14-32)4-6-20/h3-6,12-13,21-22,34H,7-11,15-17H2,1-2H3/t21-,22-/m0/s1. The molecule has 0 unspecified atom stereocenters. The van der Waals surface area contributed by atoms with Crippen LogP contribution < -0.4 is 10.9 Å². The van der Waals surface area contributed by atoms with Crippen molar-refractivity contribution in [3.8, 4) is 16.6 Å². The van der Waals surface area contributed by atoms with E-state index in [0.717, 1.165) is 59.9 Å². The fourth-order valence-electron chi connectivity index (χ4n) is 6.22. The normalized spacial score (nSPS) is 20.2. The van der Waals surface area contributed by atoms with Crippen LogP contribution >= 0.6 is 11.3 Å². The molecule has 0 radical (unpaired) electrons. The summed E-state index contributed by atoms with van der Waals surface area (Å²) in [5, 5.41) is 14.3. The van der Waals surface area contributed by atoms with E-state index in [4.69, 9.17) is 20.0 Å². The van der Waals surface area contributed by atoms with Gasteiger partial charge >= 0.3 is 6.09 Å². The first-order valence-electron chi connectivity index (χ1n) is 14.3. The fraction of sp³-hybridized carbons (Fsp3) is 0.387. The first-order valence-corrected chi connectivity index (χ1v) is 15.1. The van der Waals surface area contributed by atoms with Gasteiger partial charge in [-0.25, -0.2) is 14.8 Å². The van der Waals surface area contributed by atoms with Crippen LogP contribution in [0.25, 0.3) is 21.5 Å². The topological polar surface area (TPSA) is 116 Å². The molecule has 2 atom stereocenters. The van der Waals surface area contributed by atoms with Crippen LogP contribution in [0.3, 0.4) is 0 Å². The molecule has 1 amide bonds. The second-order valence-corrected chi connectivity index (χ2v) is 12.5. The minimum Gasteiger partial charge on any atom is -0.447 e. The van der Waals surface area contributed by atoms with Crippen molar-refractivity contribution in [2.75, 3.05) is 32.1 Å². The Bertz CT molecular complexity index is 1810. The largest absolute Gasteiger partial charge is 0.447 e. The molecule has 4 aromatic rings. The number of aryl methyl sites for hydroxylation is 1. The Balaban J connectivity index is 1.29. The number of amides is 1. The maximum Gasteiger partial charge on any atom is 0.410 e. The number of hydrogen-bond acceptors (Lipinski definition) is 9. The molecule has 2 aromatic carbocycles. The highest BCUT2D eigenvalue weighted by molar-refractivity contribution is 7.15. The smallest absolute Gasteiger partial charge is 0.410 e. The predicted molar refractivity (Wildman–Crippen MR) is 161 cm³/mol. The zero-order chi connectivity index (χ0) is 29.0. The van der Waals surface area contributed by atoms with Gasteiger partial charge in [0.15, 0.2) is 0 Å². The molecule has 0 saturated carbocycles. The van der Waals surface area contributed by atoms with E-state index >= 15 is 0 Å². The van der Waals surface area contributed by atoms with Crippen LogP contribution in [0, 0.1) is 18.3 Å². The Labute approximate surface area is 247 Å². The number of likely N-dealkylation sites (N-methyl/N-ethyl adjacent to an activating group) is 1. The van der Waals surface area contributed by atoms with E-state index in [1.165, 1.54) is 4.88 Å². The van der Waals surface area contributed by atoms with Gasteiger partial charge < -0.3 is 19.9 Å². The molecule has 5 heterocycles. The summed E-state index contributed by atoms with van der Waals surface area (Å²) in [6.45, 7) is 5.14. The van der Waals surface area contributed by atoms with E-state index in [0.29, 0.717) is 42.0 Å². The summed E-state index contributed by atoms with van der Waals surface area (Å²) >= 11 is 1.71. The highest BCUT2D eigenvalue weighted by Gasteiger charge is 2.38. The molecule has 214 valence electrons. The number of fused-ring (bicyclic) bond motifs is 3. The quantitative estimate of drug-likeness (QED) is 0.374. The Morgan fingerprint density at radius 3 is 2.81 bits per heavy atom. The molecule has 2 fully saturated rings. The van der Waals surface area contributed by atoms with E-state index < -0.39 is 0 Å². The van der Waals surface area contributed by atoms with E-state index in [9.17, 15) is 9.59 Å². The third-order valence-corrected chi connectivity index (χ3v) is 9.69. The first kappa shape index (κ1) is 26.6. The van der Waals surface area contributed by atoms with Crippen molar-refractivity contribution in [3.05, 3.63) is 74.3 Å². The Morgan fingerprint density at radius 1 is 1.17 bits per heavy atom. The van der Waals surface area contributed by atoms with Gasteiger partial charge in [-0.2, -0.15) is 5.26 Å². The zero-order valence-electron chi connectivity index (χ0n) is 23.6. The van der Waals surface area contributed by atoms with Gasteiger partial charge in [-0.15, -0.1) is 11.3 Å². The Kier molecular flexibility index (Phi) is 6.67. The number of cyclic esters (lactones) is 1. The highest BCUT2D eigenvalue weighted by atomic mass is 32.1. The van der Waals surface area contributed by atoms with E-state index in [1.54, 1.807) is 28.0 Å². The van der Waals surface area contributed by atoms with Gasteiger partial charge in [0.2, 0.25) is 0 Å². The summed E-state index contributed by atoms with van der Waals surface area (Å²) in [4.78, 5) is 41.3. The number of aromatic nitrogens is 3. The minimum absolute atomic E-state index is 0.0596. The van der Waals surface area contributed by atoms with Crippen LogP contribution in [-0.4, -0.2) is 69.3 Å². The lowest BCUT2D eigenvalue weighted by Crippen LogP contribution is -2.45. The average Bonchev–Trinajstić information content (AvgIpc) is 3.58. The molecule has 0 spiro atoms. The van der Waals surface area contributed by atoms with Gasteiger partial charge in [0.1, 0.15) is 17.4 Å². The summed E-state index contributed by atoms with van der Waals surface area (Å²) in [6, 6.07) is 13.5. The van der Waals surface area contributed by atoms with Gasteiger partial charge in [0, 0.05) is 48.2 Å². The summed E-state index contributed by atoms with van der Waals surface area (Å²) in [7, 11) is 2.13. The van der Waals surface area contributed by atoms with Crippen molar-refractivity contribution in [2.45, 2.75) is 51.4 Å². The maximum absolute atomic E-state index is 13.9. The van der Waals surface area contributed by atoms with Crippen LogP contribution in [0.4, 0.5) is 10.5 Å². The number of nitriles is 1. The van der Waals surface area contributed by atoms with Gasteiger partial charge in [0.25, 0.3) is 5.56 Å². The Hall–Kier alpha value is -4.27. The van der Waals surface area contributed by atoms with E-state index in [2.05, 4.69) is 23.3 Å². The van der Waals surface area contributed by atoms with Gasteiger partial charge in [-0.3, -0.25) is 9.36 Å². The lowest BCUT2D eigenvalue weighted by atomic mass is 9.97. The number of benzene rings is 2. The number of hydrogen-bond donors (Lipinski definition) is 1. The van der Waals surface area contributed by atoms with Gasteiger partial charge in [0.05, 0.1) is 40.8 Å². The van der Waals surface area contributed by atoms with E-state index in [1.807, 2.05) is 36.1 Å². The SMILES string of the molecule is Cc1nc2cc(-c3nc4c(s3)CN(C)CC4)c(N[C@H]3CCN4C(=O)OC[C@@H]4C3)cc2c(=O)n1Cc1ccc(C#N)cc1. The van der Waals surface area contributed by atoms with Crippen LogP contribution in [0.5, 0.6) is 0 Å². The van der Waals surface area contributed by atoms with Crippen LogP contribution in [0.2, 0.25) is 0 Å². The average molecular weight is 582 g/mol. The molecule has 10 nitrogen and oxygen atoms in total. The number of nitrogens with zero attached hydrogens (tertiary/aromatic N) is 6. The molecular weight excluding hydrogens is 550 g/mol. The summed E-state index contributed by atoms with van der Waals surface area (Å²) in [5.74, 6) is 0.627. The third-order valence-electron chi connectivity index (χ3n) is 8.57. The third kappa shape index (κ3) is 4.80. The zero-order valence-corrected chi connectivity index (χ0v) is 24.4. The lowest BCUT2D eigenvalue weighted by Gasteiger charge is -2.33. The molecule has 2 saturated heterocycles. The molecule has 0 bridgehead atoms. The fourth-order valence-corrected chi connectivity index (χ4v) is 7.44. The number of ether oxygens (including phenoxy) is 1. The molecule has 3 aliphatic heterocycles. The molecule has 7 rings (SSSR count). The van der Waals surface area contributed by atoms with Crippen molar-refractivity contribution in [1.82, 2.24) is 24.3 Å². The number of piperidine rings is 1. The molecule has 1 N–H and O–H groups in total. The van der Waals surface area contributed by atoms with Crippen molar-refractivity contribution in [3.63, 3.8) is 0 Å². The van der Waals surface area contributed by atoms with Crippen LogP contribution in [0.1, 0.15) is 40.4 Å². The molecular formula is C31H31N7O3S. The summed E-state index contributed by atoms with van der Waals surface area (Å²) in [5.41, 5.74) is 4.99. The number of carbonyl (C=O) groups is 1. The van der Waals surface area contributed by atoms with Gasteiger partial charge in [-0.05, 0) is 56.6 Å². The van der Waals surface area contributed by atoms with E-state index in [-0.39, 0.29) is 23.7 Å². The van der Waals surface area contributed by atoms with Crippen LogP contribution in [0.15, 0.2) is 41.2 Å². The monoisotopic (exact) mass is 581 g/mol. The van der Waals surface area contributed by atoms with Crippen molar-refractivity contribution in [2.24, 2.45) is 0 Å². The molecule has 42 heavy (non-hydrogen) atoms. The lowest BCUT2D eigenvalue weighted by molar-refractivity contribution is 0.153. The first-order chi connectivity index (χ1) is 20.4. The minimum atomic E-state index is -0.229. The summed E-state index contributed by atoms with van der Waals surface area (Å²) < 4.78 is 6.97. The second-order valence-electron chi connectivity index (χ2n) is 11.4. The maximum atomic E-state index is 13.9. The number of thiazole rings is 1. The number of anilines is 1. The predicted octanol–water partition coefficient (Wildman–Crippen LogP) is 4.13. The van der Waals surface area contributed by atoms with Crippen molar-refractivity contribution >= 4 is 34.0 Å². The summed E-state index contributed by atoms with van der Waals surface area (Å²) in [6.07, 6.45) is 2.26. The molecule has 3 aliphatic rings. The van der Waals surface area contributed by atoms with Gasteiger partial charge in [-0.1, -0.05) is 12.1 Å². The van der Waals surface area contributed by atoms with Crippen molar-refractivity contribution < 1.29 is 9.53 Å². The molecule has 2 aromatic heterocycles.